The summed E-state index contributed by atoms with van der Waals surface area (Å²) < 4.78 is 5.23. The van der Waals surface area contributed by atoms with Crippen molar-refractivity contribution in [1.29, 1.82) is 0 Å². The van der Waals surface area contributed by atoms with Gasteiger partial charge in [0.2, 0.25) is 5.91 Å². The Bertz CT molecular complexity index is 701. The second-order valence-corrected chi connectivity index (χ2v) is 6.44. The molecule has 0 spiro atoms. The minimum Gasteiger partial charge on any atom is -0.497 e. The summed E-state index contributed by atoms with van der Waals surface area (Å²) in [4.78, 5) is 14.9. The number of ether oxygens (including phenoxy) is 1. The number of nitrogens with zero attached hydrogens (tertiary/aromatic N) is 1. The Hall–Kier alpha value is -2.55. The molecule has 0 saturated heterocycles. The summed E-state index contributed by atoms with van der Waals surface area (Å²) in [5.74, 6) is 1.20. The molecule has 0 unspecified atom stereocenters. The minimum atomic E-state index is 0.159. The number of hydrogen-bond donors (Lipinski definition) is 0. The number of amides is 1. The second kappa shape index (κ2) is 8.52. The zero-order valence-corrected chi connectivity index (χ0v) is 14.7. The Kier molecular flexibility index (Phi) is 5.89. The van der Waals surface area contributed by atoms with E-state index in [9.17, 15) is 4.79 Å². The summed E-state index contributed by atoms with van der Waals surface area (Å²) in [6, 6.07) is 17.9. The Morgan fingerprint density at radius 3 is 2.40 bits per heavy atom. The van der Waals surface area contributed by atoms with Crippen LogP contribution in [0.15, 0.2) is 60.7 Å². The molecule has 0 N–H and O–H groups in total. The van der Waals surface area contributed by atoms with Gasteiger partial charge in [0.05, 0.1) is 7.11 Å². The van der Waals surface area contributed by atoms with Crippen LogP contribution in [0.5, 0.6) is 5.75 Å². The Morgan fingerprint density at radius 2 is 1.76 bits per heavy atom. The highest BCUT2D eigenvalue weighted by Gasteiger charge is 2.27. The summed E-state index contributed by atoms with van der Waals surface area (Å²) in [7, 11) is 1.65. The van der Waals surface area contributed by atoms with E-state index in [-0.39, 0.29) is 11.8 Å². The lowest BCUT2D eigenvalue weighted by Gasteiger charge is -2.25. The van der Waals surface area contributed by atoms with Gasteiger partial charge < -0.3 is 9.64 Å². The van der Waals surface area contributed by atoms with Gasteiger partial charge in [-0.15, -0.1) is 0 Å². The van der Waals surface area contributed by atoms with Crippen molar-refractivity contribution in [2.24, 2.45) is 5.92 Å². The quantitative estimate of drug-likeness (QED) is 0.749. The largest absolute Gasteiger partial charge is 0.497 e. The summed E-state index contributed by atoms with van der Waals surface area (Å²) in [5, 5.41) is 0. The lowest BCUT2D eigenvalue weighted by Crippen LogP contribution is -2.35. The number of rotatable bonds is 6. The van der Waals surface area contributed by atoms with E-state index in [0.29, 0.717) is 6.54 Å². The first-order valence-electron chi connectivity index (χ1n) is 8.95. The van der Waals surface area contributed by atoms with Crippen LogP contribution in [0.2, 0.25) is 0 Å². The van der Waals surface area contributed by atoms with Crippen LogP contribution in [0.1, 0.15) is 31.2 Å². The number of carbonyl (C=O) groups is 1. The topological polar surface area (TPSA) is 29.5 Å². The van der Waals surface area contributed by atoms with E-state index in [2.05, 4.69) is 24.3 Å². The number of hydrogen-bond acceptors (Lipinski definition) is 2. The molecular weight excluding hydrogens is 310 g/mol. The predicted molar refractivity (Wildman–Crippen MR) is 103 cm³/mol. The third-order valence-corrected chi connectivity index (χ3v) is 4.75. The van der Waals surface area contributed by atoms with E-state index in [0.717, 1.165) is 42.7 Å². The molecule has 2 aromatic rings. The molecule has 130 valence electrons. The van der Waals surface area contributed by atoms with Gasteiger partial charge in [-0.3, -0.25) is 4.79 Å². The summed E-state index contributed by atoms with van der Waals surface area (Å²) in [6.45, 7) is 0.580. The smallest absolute Gasteiger partial charge is 0.230 e. The van der Waals surface area contributed by atoms with Crippen molar-refractivity contribution in [3.8, 4) is 5.75 Å². The van der Waals surface area contributed by atoms with Crippen LogP contribution in [0, 0.1) is 5.92 Å². The van der Waals surface area contributed by atoms with Gasteiger partial charge in [0.1, 0.15) is 5.75 Å². The lowest BCUT2D eigenvalue weighted by molar-refractivity contribution is -0.122. The first-order valence-corrected chi connectivity index (χ1v) is 8.95. The fraction of sp³-hybridized carbons (Fsp3) is 0.318. The zero-order chi connectivity index (χ0) is 17.5. The van der Waals surface area contributed by atoms with Gasteiger partial charge in [-0.05, 0) is 42.7 Å². The zero-order valence-electron chi connectivity index (χ0n) is 14.7. The predicted octanol–water partition coefficient (Wildman–Crippen LogP) is 4.93. The van der Waals surface area contributed by atoms with Crippen molar-refractivity contribution in [2.45, 2.75) is 25.7 Å². The highest BCUT2D eigenvalue weighted by molar-refractivity contribution is 5.95. The Labute approximate surface area is 149 Å². The maximum Gasteiger partial charge on any atom is 0.230 e. The number of anilines is 1. The van der Waals surface area contributed by atoms with Crippen LogP contribution in [0.4, 0.5) is 5.69 Å². The Balaban J connectivity index is 1.77. The van der Waals surface area contributed by atoms with E-state index >= 15 is 0 Å². The lowest BCUT2D eigenvalue weighted by atomic mass is 10.1. The first kappa shape index (κ1) is 17.3. The Morgan fingerprint density at radius 1 is 1.08 bits per heavy atom. The van der Waals surface area contributed by atoms with Crippen molar-refractivity contribution in [2.75, 3.05) is 18.6 Å². The molecule has 3 nitrogen and oxygen atoms in total. The third kappa shape index (κ3) is 4.50. The van der Waals surface area contributed by atoms with Crippen LogP contribution < -0.4 is 9.64 Å². The van der Waals surface area contributed by atoms with Crippen molar-refractivity contribution in [3.05, 3.63) is 66.2 Å². The van der Waals surface area contributed by atoms with Crippen LogP contribution >= 0.6 is 0 Å². The van der Waals surface area contributed by atoms with Crippen molar-refractivity contribution < 1.29 is 9.53 Å². The summed E-state index contributed by atoms with van der Waals surface area (Å²) in [5.41, 5.74) is 2.07. The number of carbonyl (C=O) groups excluding carboxylic acids is 1. The summed E-state index contributed by atoms with van der Waals surface area (Å²) in [6.07, 6.45) is 8.46. The molecule has 0 aliphatic heterocycles. The highest BCUT2D eigenvalue weighted by atomic mass is 16.5. The fourth-order valence-corrected chi connectivity index (χ4v) is 3.34. The second-order valence-electron chi connectivity index (χ2n) is 6.44. The molecule has 1 aliphatic rings. The average Bonchev–Trinajstić information content (AvgIpc) is 3.21. The van der Waals surface area contributed by atoms with Gasteiger partial charge in [-0.1, -0.05) is 55.3 Å². The molecule has 0 bridgehead atoms. The number of methoxy groups -OCH3 is 1. The molecular formula is C22H25NO2. The molecule has 3 rings (SSSR count). The van der Waals surface area contributed by atoms with E-state index in [1.165, 1.54) is 0 Å². The van der Waals surface area contributed by atoms with Crippen molar-refractivity contribution in [3.63, 3.8) is 0 Å². The SMILES string of the molecule is COc1ccc(N(C/C=C/c2ccccc2)C(=O)C2CCCC2)cc1. The van der Waals surface area contributed by atoms with Crippen molar-refractivity contribution >= 4 is 17.7 Å². The van der Waals surface area contributed by atoms with Gasteiger partial charge in [0, 0.05) is 18.2 Å². The molecule has 0 aromatic heterocycles. The highest BCUT2D eigenvalue weighted by Crippen LogP contribution is 2.29. The fourth-order valence-electron chi connectivity index (χ4n) is 3.34. The van der Waals surface area contributed by atoms with Crippen LogP contribution in [-0.2, 0) is 4.79 Å². The molecule has 1 fully saturated rings. The molecule has 0 radical (unpaired) electrons. The number of benzene rings is 2. The van der Waals surface area contributed by atoms with Crippen LogP contribution in [-0.4, -0.2) is 19.6 Å². The van der Waals surface area contributed by atoms with Gasteiger partial charge in [-0.2, -0.15) is 0 Å². The van der Waals surface area contributed by atoms with E-state index in [1.54, 1.807) is 7.11 Å². The maximum atomic E-state index is 13.0. The molecule has 1 amide bonds. The molecule has 2 aromatic carbocycles. The van der Waals surface area contributed by atoms with Crippen LogP contribution in [0.3, 0.4) is 0 Å². The minimum absolute atomic E-state index is 0.159. The average molecular weight is 335 g/mol. The van der Waals surface area contributed by atoms with Gasteiger partial charge in [0.15, 0.2) is 0 Å². The maximum absolute atomic E-state index is 13.0. The summed E-state index contributed by atoms with van der Waals surface area (Å²) >= 11 is 0. The van der Waals surface area contributed by atoms with E-state index in [1.807, 2.05) is 47.4 Å². The molecule has 1 aliphatic carbocycles. The van der Waals surface area contributed by atoms with Crippen molar-refractivity contribution in [1.82, 2.24) is 0 Å². The van der Waals surface area contributed by atoms with Gasteiger partial charge >= 0.3 is 0 Å². The van der Waals surface area contributed by atoms with Gasteiger partial charge in [0.25, 0.3) is 0 Å². The van der Waals surface area contributed by atoms with E-state index in [4.69, 9.17) is 4.74 Å². The molecule has 3 heteroatoms. The molecule has 1 saturated carbocycles. The first-order chi connectivity index (χ1) is 12.3. The normalized spacial score (nSPS) is 14.8. The van der Waals surface area contributed by atoms with E-state index < -0.39 is 0 Å². The third-order valence-electron chi connectivity index (χ3n) is 4.75. The van der Waals surface area contributed by atoms with Gasteiger partial charge in [-0.25, -0.2) is 0 Å². The molecule has 0 atom stereocenters. The monoisotopic (exact) mass is 335 g/mol. The molecule has 0 heterocycles. The standard InChI is InChI=1S/C22H25NO2/c1-25-21-15-13-20(14-16-21)23(22(24)19-11-5-6-12-19)17-7-10-18-8-3-2-4-9-18/h2-4,7-10,13-16,19H,5-6,11-12,17H2,1H3/b10-7+. The molecule has 25 heavy (non-hydrogen) atoms. The van der Waals surface area contributed by atoms with Crippen LogP contribution in [0.25, 0.3) is 6.08 Å².